The summed E-state index contributed by atoms with van der Waals surface area (Å²) in [6.07, 6.45) is 2.13. The second-order valence-corrected chi connectivity index (χ2v) is 11.1. The lowest BCUT2D eigenvalue weighted by atomic mass is 10.1. The van der Waals surface area contributed by atoms with Crippen molar-refractivity contribution in [3.05, 3.63) is 58.6 Å². The second-order valence-electron chi connectivity index (χ2n) is 8.77. The minimum Gasteiger partial charge on any atom is -0.497 e. The lowest BCUT2D eigenvalue weighted by molar-refractivity contribution is -0.140. The molecule has 0 aliphatic carbocycles. The standard InChI is InChI=1S/C26H36ClN3O5S/c1-7-18(3)28-26(32)23(8-2)29(16-20-11-9-12-21(15-20)35-5)25(31)17-30(36(6,33)34)24-14-10-13-22(27)19(24)4/h9-15,18,23H,7-8,16-17H2,1-6H3,(H,28,32). The lowest BCUT2D eigenvalue weighted by Crippen LogP contribution is -2.53. The average molecular weight is 538 g/mol. The van der Waals surface area contributed by atoms with Crippen LogP contribution in [0.25, 0.3) is 0 Å². The number of carbonyl (C=O) groups is 2. The van der Waals surface area contributed by atoms with Gasteiger partial charge in [-0.3, -0.25) is 13.9 Å². The molecule has 0 aromatic heterocycles. The Kier molecular flexibility index (Phi) is 10.6. The summed E-state index contributed by atoms with van der Waals surface area (Å²) < 4.78 is 31.9. The molecule has 2 atom stereocenters. The molecule has 2 unspecified atom stereocenters. The van der Waals surface area contributed by atoms with Crippen LogP contribution in [-0.4, -0.2) is 57.1 Å². The van der Waals surface area contributed by atoms with E-state index in [4.69, 9.17) is 16.3 Å². The molecule has 2 amide bonds. The van der Waals surface area contributed by atoms with Gasteiger partial charge in [0.25, 0.3) is 0 Å². The van der Waals surface area contributed by atoms with E-state index in [0.717, 1.165) is 22.5 Å². The van der Waals surface area contributed by atoms with E-state index in [2.05, 4.69) is 5.32 Å². The number of amides is 2. The topological polar surface area (TPSA) is 96.0 Å². The third-order valence-corrected chi connectivity index (χ3v) is 7.60. The number of rotatable bonds is 12. The Balaban J connectivity index is 2.50. The summed E-state index contributed by atoms with van der Waals surface area (Å²) in [5.74, 6) is -0.175. The molecule has 198 valence electrons. The van der Waals surface area contributed by atoms with Crippen LogP contribution in [0, 0.1) is 6.92 Å². The molecular weight excluding hydrogens is 502 g/mol. The summed E-state index contributed by atoms with van der Waals surface area (Å²) in [5.41, 5.74) is 1.61. The number of hydrogen-bond acceptors (Lipinski definition) is 5. The van der Waals surface area contributed by atoms with Crippen molar-refractivity contribution in [3.8, 4) is 5.75 Å². The molecule has 0 spiro atoms. The van der Waals surface area contributed by atoms with E-state index in [0.29, 0.717) is 28.4 Å². The zero-order valence-corrected chi connectivity index (χ0v) is 23.3. The summed E-state index contributed by atoms with van der Waals surface area (Å²) in [6.45, 7) is 7.01. The van der Waals surface area contributed by atoms with Gasteiger partial charge in [0.05, 0.1) is 19.1 Å². The fraction of sp³-hybridized carbons (Fsp3) is 0.462. The molecule has 0 aliphatic heterocycles. The van der Waals surface area contributed by atoms with Crippen LogP contribution in [0.2, 0.25) is 5.02 Å². The minimum atomic E-state index is -3.84. The highest BCUT2D eigenvalue weighted by molar-refractivity contribution is 7.92. The predicted molar refractivity (Wildman–Crippen MR) is 144 cm³/mol. The molecular formula is C26H36ClN3O5S. The molecule has 8 nitrogen and oxygen atoms in total. The summed E-state index contributed by atoms with van der Waals surface area (Å²) >= 11 is 6.24. The van der Waals surface area contributed by atoms with Gasteiger partial charge in [-0.25, -0.2) is 8.42 Å². The molecule has 0 bridgehead atoms. The lowest BCUT2D eigenvalue weighted by Gasteiger charge is -2.33. The Morgan fingerprint density at radius 1 is 1.11 bits per heavy atom. The van der Waals surface area contributed by atoms with Crippen LogP contribution >= 0.6 is 11.6 Å². The zero-order chi connectivity index (χ0) is 27.0. The molecule has 2 aromatic carbocycles. The minimum absolute atomic E-state index is 0.0676. The van der Waals surface area contributed by atoms with Crippen LogP contribution in [0.1, 0.15) is 44.7 Å². The summed E-state index contributed by atoms with van der Waals surface area (Å²) in [5, 5.41) is 3.34. The fourth-order valence-corrected chi connectivity index (χ4v) is 4.86. The normalized spacial score (nSPS) is 13.0. The number of hydrogen-bond donors (Lipinski definition) is 1. The highest BCUT2D eigenvalue weighted by Crippen LogP contribution is 2.28. The predicted octanol–water partition coefficient (Wildman–Crippen LogP) is 4.15. The van der Waals surface area contributed by atoms with Crippen LogP contribution in [-0.2, 0) is 26.2 Å². The number of benzene rings is 2. The van der Waals surface area contributed by atoms with Gasteiger partial charge in [0.15, 0.2) is 0 Å². The first kappa shape index (κ1) is 29.5. The molecule has 2 aromatic rings. The maximum atomic E-state index is 13.8. The van der Waals surface area contributed by atoms with Crippen LogP contribution in [0.3, 0.4) is 0 Å². The van der Waals surface area contributed by atoms with E-state index in [-0.39, 0.29) is 18.5 Å². The van der Waals surface area contributed by atoms with Crippen molar-refractivity contribution in [2.24, 2.45) is 0 Å². The first-order chi connectivity index (χ1) is 16.9. The van der Waals surface area contributed by atoms with E-state index < -0.39 is 28.5 Å². The average Bonchev–Trinajstić information content (AvgIpc) is 2.83. The first-order valence-electron chi connectivity index (χ1n) is 11.9. The SMILES string of the molecule is CCC(C)NC(=O)C(CC)N(Cc1cccc(OC)c1)C(=O)CN(c1cccc(Cl)c1C)S(C)(=O)=O. The largest absolute Gasteiger partial charge is 0.497 e. The van der Waals surface area contributed by atoms with E-state index in [1.807, 2.05) is 26.8 Å². The van der Waals surface area contributed by atoms with E-state index in [9.17, 15) is 18.0 Å². The van der Waals surface area contributed by atoms with Crippen molar-refractivity contribution >= 4 is 39.1 Å². The summed E-state index contributed by atoms with van der Waals surface area (Å²) in [4.78, 5) is 28.4. The third-order valence-electron chi connectivity index (χ3n) is 6.06. The Morgan fingerprint density at radius 2 is 1.78 bits per heavy atom. The van der Waals surface area contributed by atoms with Crippen LogP contribution < -0.4 is 14.4 Å². The highest BCUT2D eigenvalue weighted by Gasteiger charge is 2.32. The van der Waals surface area contributed by atoms with Gasteiger partial charge in [0.2, 0.25) is 21.8 Å². The van der Waals surface area contributed by atoms with Crippen molar-refractivity contribution in [1.82, 2.24) is 10.2 Å². The molecule has 0 aliphatic rings. The van der Waals surface area contributed by atoms with Gasteiger partial charge in [0.1, 0.15) is 18.3 Å². The van der Waals surface area contributed by atoms with Gasteiger partial charge < -0.3 is 15.0 Å². The highest BCUT2D eigenvalue weighted by atomic mass is 35.5. The van der Waals surface area contributed by atoms with E-state index >= 15 is 0 Å². The Morgan fingerprint density at radius 3 is 2.36 bits per heavy atom. The Hall–Kier alpha value is -2.78. The Bertz CT molecular complexity index is 1170. The van der Waals surface area contributed by atoms with Gasteiger partial charge in [-0.1, -0.05) is 43.6 Å². The number of carbonyl (C=O) groups excluding carboxylic acids is 2. The molecule has 2 rings (SSSR count). The number of nitrogens with zero attached hydrogens (tertiary/aromatic N) is 2. The van der Waals surface area contributed by atoms with Gasteiger partial charge in [0, 0.05) is 17.6 Å². The van der Waals surface area contributed by atoms with Gasteiger partial charge >= 0.3 is 0 Å². The maximum Gasteiger partial charge on any atom is 0.244 e. The van der Waals surface area contributed by atoms with Crippen molar-refractivity contribution in [2.45, 2.75) is 59.2 Å². The number of methoxy groups -OCH3 is 1. The third kappa shape index (κ3) is 7.61. The van der Waals surface area contributed by atoms with E-state index in [1.165, 1.54) is 4.90 Å². The van der Waals surface area contributed by atoms with Crippen molar-refractivity contribution < 1.29 is 22.7 Å². The van der Waals surface area contributed by atoms with Crippen LogP contribution in [0.15, 0.2) is 42.5 Å². The number of sulfonamides is 1. The smallest absolute Gasteiger partial charge is 0.244 e. The summed E-state index contributed by atoms with van der Waals surface area (Å²) in [6, 6.07) is 11.2. The molecule has 36 heavy (non-hydrogen) atoms. The molecule has 0 radical (unpaired) electrons. The number of ether oxygens (including phenoxy) is 1. The van der Waals surface area contributed by atoms with Gasteiger partial charge in [-0.2, -0.15) is 0 Å². The molecule has 0 heterocycles. The fourth-order valence-electron chi connectivity index (χ4n) is 3.79. The molecule has 10 heteroatoms. The van der Waals surface area contributed by atoms with Crippen molar-refractivity contribution in [3.63, 3.8) is 0 Å². The molecule has 0 saturated heterocycles. The summed E-state index contributed by atoms with van der Waals surface area (Å²) in [7, 11) is -2.29. The van der Waals surface area contributed by atoms with Crippen LogP contribution in [0.4, 0.5) is 5.69 Å². The van der Waals surface area contributed by atoms with E-state index in [1.54, 1.807) is 50.4 Å². The quantitative estimate of drug-likeness (QED) is 0.439. The Labute approximate surface area is 219 Å². The zero-order valence-electron chi connectivity index (χ0n) is 21.7. The van der Waals surface area contributed by atoms with Crippen molar-refractivity contribution in [1.29, 1.82) is 0 Å². The molecule has 0 saturated carbocycles. The molecule has 0 fully saturated rings. The first-order valence-corrected chi connectivity index (χ1v) is 14.1. The number of halogens is 1. The second kappa shape index (κ2) is 13.0. The molecule has 1 N–H and O–H groups in total. The van der Waals surface area contributed by atoms with Crippen molar-refractivity contribution in [2.75, 3.05) is 24.2 Å². The van der Waals surface area contributed by atoms with Crippen LogP contribution in [0.5, 0.6) is 5.75 Å². The van der Waals surface area contributed by atoms with Gasteiger partial charge in [-0.05, 0) is 62.1 Å². The number of anilines is 1. The monoisotopic (exact) mass is 537 g/mol. The maximum absolute atomic E-state index is 13.8. The number of nitrogens with one attached hydrogen (secondary N) is 1. The van der Waals surface area contributed by atoms with Gasteiger partial charge in [-0.15, -0.1) is 0 Å².